The zero-order valence-electron chi connectivity index (χ0n) is 5.31. The van der Waals surface area contributed by atoms with Crippen molar-refractivity contribution in [1.29, 1.82) is 0 Å². The van der Waals surface area contributed by atoms with Crippen molar-refractivity contribution in [1.82, 2.24) is 5.32 Å². The van der Waals surface area contributed by atoms with Crippen LogP contribution in [0.15, 0.2) is 27.0 Å². The third-order valence-corrected chi connectivity index (χ3v) is 1.58. The van der Waals surface area contributed by atoms with Gasteiger partial charge in [-0.05, 0) is 5.17 Å². The summed E-state index contributed by atoms with van der Waals surface area (Å²) in [7, 11) is 0. The van der Waals surface area contributed by atoms with Crippen LogP contribution in [0.2, 0.25) is 0 Å². The summed E-state index contributed by atoms with van der Waals surface area (Å²) in [5, 5.41) is 9.80. The van der Waals surface area contributed by atoms with Gasteiger partial charge < -0.3 is 17.9 Å². The largest absolute Gasteiger partial charge is 0.743 e. The lowest BCUT2D eigenvalue weighted by molar-refractivity contribution is -0.116. The third kappa shape index (κ3) is 0.911. The van der Waals surface area contributed by atoms with Gasteiger partial charge in [0.25, 0.3) is 5.91 Å². The number of nitrogens with one attached hydrogen (secondary N) is 1. The second-order valence-corrected chi connectivity index (χ2v) is 2.46. The fourth-order valence-corrected chi connectivity index (χ4v) is 1.06. The molecule has 0 saturated heterocycles. The first-order valence-electron chi connectivity index (χ1n) is 2.93. The minimum Gasteiger partial charge on any atom is -0.743 e. The molecule has 1 atom stereocenters. The van der Waals surface area contributed by atoms with E-state index in [0.717, 1.165) is 0 Å². The summed E-state index contributed by atoms with van der Waals surface area (Å²) in [6.07, 6.45) is 0.905. The smallest absolute Gasteiger partial charge is 0.256 e. The maximum absolute atomic E-state index is 11.0. The Kier molecular flexibility index (Phi) is 1.22. The van der Waals surface area contributed by atoms with Gasteiger partial charge in [-0.1, -0.05) is 0 Å². The maximum atomic E-state index is 11.0. The Balaban J connectivity index is 2.42. The van der Waals surface area contributed by atoms with Gasteiger partial charge in [-0.3, -0.25) is 9.79 Å². The monoisotopic (exact) mass is 167 g/mol. The molecule has 1 amide bonds. The standard InChI is InChI=1S/C5H4N4OS/c10-4-2-1-6-9-3(2)7-5(11)8-4/h1,3H,(H2,7,8,10,11)/p-1. The van der Waals surface area contributed by atoms with Gasteiger partial charge in [0.05, 0.1) is 11.8 Å². The molecule has 56 valence electrons. The van der Waals surface area contributed by atoms with E-state index in [9.17, 15) is 4.79 Å². The van der Waals surface area contributed by atoms with E-state index in [-0.39, 0.29) is 11.1 Å². The molecule has 2 aliphatic rings. The second kappa shape index (κ2) is 2.09. The van der Waals surface area contributed by atoms with Gasteiger partial charge in [0.2, 0.25) is 0 Å². The first-order valence-corrected chi connectivity index (χ1v) is 3.34. The summed E-state index contributed by atoms with van der Waals surface area (Å²) in [4.78, 5) is 14.9. The molecule has 0 spiro atoms. The lowest BCUT2D eigenvalue weighted by atomic mass is 10.2. The first kappa shape index (κ1) is 6.41. The fourth-order valence-electron chi connectivity index (χ4n) is 0.871. The summed E-state index contributed by atoms with van der Waals surface area (Å²) in [5.74, 6) is -0.250. The zero-order chi connectivity index (χ0) is 7.84. The van der Waals surface area contributed by atoms with E-state index in [4.69, 9.17) is 0 Å². The molecule has 1 N–H and O–H groups in total. The molecule has 0 saturated carbocycles. The lowest BCUT2D eigenvalue weighted by Gasteiger charge is -2.20. The molecule has 0 aromatic rings. The Labute approximate surface area is 67.7 Å². The van der Waals surface area contributed by atoms with Crippen molar-refractivity contribution in [2.75, 3.05) is 0 Å². The lowest BCUT2D eigenvalue weighted by Crippen LogP contribution is -2.37. The highest BCUT2D eigenvalue weighted by Crippen LogP contribution is 2.18. The number of nitrogens with zero attached hydrogens (tertiary/aromatic N) is 3. The van der Waals surface area contributed by atoms with Crippen molar-refractivity contribution in [2.45, 2.75) is 6.17 Å². The molecule has 0 aromatic heterocycles. The van der Waals surface area contributed by atoms with Crippen molar-refractivity contribution in [3.63, 3.8) is 0 Å². The highest BCUT2D eigenvalue weighted by molar-refractivity contribution is 7.77. The number of azo groups is 1. The van der Waals surface area contributed by atoms with Gasteiger partial charge in [0.15, 0.2) is 6.17 Å². The molecule has 0 bridgehead atoms. The molecule has 0 radical (unpaired) electrons. The Morgan fingerprint density at radius 1 is 1.64 bits per heavy atom. The number of hydrogen-bond donors (Lipinski definition) is 1. The molecule has 2 rings (SSSR count). The molecule has 2 heterocycles. The van der Waals surface area contributed by atoms with Crippen LogP contribution in [0.5, 0.6) is 0 Å². The molecule has 0 aliphatic carbocycles. The minimum absolute atomic E-state index is 0.179. The predicted octanol–water partition coefficient (Wildman–Crippen LogP) is -0.305. The van der Waals surface area contributed by atoms with Crippen LogP contribution in [0.1, 0.15) is 0 Å². The number of amidine groups is 1. The Bertz CT molecular complexity index is 306. The molecular formula is C5H3N4OS-. The van der Waals surface area contributed by atoms with Gasteiger partial charge >= 0.3 is 0 Å². The Hall–Kier alpha value is -1.30. The summed E-state index contributed by atoms with van der Waals surface area (Å²) in [6.45, 7) is 0. The molecule has 2 aliphatic heterocycles. The van der Waals surface area contributed by atoms with Crippen LogP contribution in [0.25, 0.3) is 0 Å². The van der Waals surface area contributed by atoms with Gasteiger partial charge in [0.1, 0.15) is 0 Å². The van der Waals surface area contributed by atoms with Crippen molar-refractivity contribution < 1.29 is 4.79 Å². The predicted molar refractivity (Wildman–Crippen MR) is 39.7 cm³/mol. The van der Waals surface area contributed by atoms with Crippen LogP contribution in [0, 0.1) is 0 Å². The van der Waals surface area contributed by atoms with Crippen LogP contribution in [0.3, 0.4) is 0 Å². The van der Waals surface area contributed by atoms with Crippen LogP contribution in [-0.4, -0.2) is 17.2 Å². The molecular weight excluding hydrogens is 164 g/mol. The number of hydrogen-bond acceptors (Lipinski definition) is 5. The van der Waals surface area contributed by atoms with E-state index < -0.39 is 6.17 Å². The van der Waals surface area contributed by atoms with Crippen LogP contribution in [-0.2, 0) is 17.4 Å². The molecule has 5 nitrogen and oxygen atoms in total. The van der Waals surface area contributed by atoms with Crippen molar-refractivity contribution in [3.05, 3.63) is 11.8 Å². The van der Waals surface area contributed by atoms with Gasteiger partial charge in [-0.15, -0.1) is 0 Å². The average molecular weight is 167 g/mol. The third-order valence-electron chi connectivity index (χ3n) is 1.37. The number of amides is 1. The van der Waals surface area contributed by atoms with Gasteiger partial charge in [-0.2, -0.15) is 10.2 Å². The van der Waals surface area contributed by atoms with E-state index in [1.54, 1.807) is 0 Å². The molecule has 1 unspecified atom stereocenters. The van der Waals surface area contributed by atoms with Gasteiger partial charge in [0, 0.05) is 0 Å². The van der Waals surface area contributed by atoms with E-state index in [0.29, 0.717) is 5.57 Å². The van der Waals surface area contributed by atoms with E-state index >= 15 is 0 Å². The highest BCUT2D eigenvalue weighted by Gasteiger charge is 2.26. The van der Waals surface area contributed by atoms with Crippen molar-refractivity contribution in [2.24, 2.45) is 15.2 Å². The topological polar surface area (TPSA) is 66.2 Å². The average Bonchev–Trinajstić information content (AvgIpc) is 2.34. The highest BCUT2D eigenvalue weighted by atomic mass is 32.1. The van der Waals surface area contributed by atoms with Crippen molar-refractivity contribution in [3.8, 4) is 0 Å². The SMILES string of the molecule is O=C1NC([S-])=NC2N=NC=C12. The summed E-state index contributed by atoms with van der Waals surface area (Å²) >= 11 is 4.68. The van der Waals surface area contributed by atoms with Crippen LogP contribution < -0.4 is 5.32 Å². The van der Waals surface area contributed by atoms with Gasteiger partial charge in [-0.25, -0.2) is 0 Å². The normalized spacial score (nSPS) is 27.3. The fraction of sp³-hybridized carbons (Fsp3) is 0.200. The van der Waals surface area contributed by atoms with E-state index in [1.807, 2.05) is 0 Å². The Morgan fingerprint density at radius 2 is 2.45 bits per heavy atom. The molecule has 11 heavy (non-hydrogen) atoms. The quantitative estimate of drug-likeness (QED) is 0.503. The van der Waals surface area contributed by atoms with Crippen molar-refractivity contribution >= 4 is 23.7 Å². The number of aliphatic imine (C=N–C) groups is 1. The van der Waals surface area contributed by atoms with E-state index in [2.05, 4.69) is 33.2 Å². The molecule has 0 aromatic carbocycles. The Morgan fingerprint density at radius 3 is 3.27 bits per heavy atom. The van der Waals surface area contributed by atoms with Crippen LogP contribution >= 0.6 is 0 Å². The second-order valence-electron chi connectivity index (χ2n) is 2.08. The first-order chi connectivity index (χ1) is 5.27. The van der Waals surface area contributed by atoms with Crippen LogP contribution in [0.4, 0.5) is 0 Å². The maximum Gasteiger partial charge on any atom is 0.256 e. The number of carbonyl (C=O) groups excluding carboxylic acids is 1. The van der Waals surface area contributed by atoms with E-state index in [1.165, 1.54) is 6.20 Å². The summed E-state index contributed by atoms with van der Waals surface area (Å²) < 4.78 is 0. The number of carbonyl (C=O) groups is 1. The number of fused-ring (bicyclic) bond motifs is 1. The molecule has 6 heteroatoms. The summed E-state index contributed by atoms with van der Waals surface area (Å²) in [6, 6.07) is 0. The number of rotatable bonds is 0. The minimum atomic E-state index is -0.490. The summed E-state index contributed by atoms with van der Waals surface area (Å²) in [5.41, 5.74) is 0.457. The molecule has 0 fully saturated rings. The zero-order valence-corrected chi connectivity index (χ0v) is 6.13.